The van der Waals surface area contributed by atoms with Gasteiger partial charge in [-0.05, 0) is 56.9 Å². The van der Waals surface area contributed by atoms with Crippen LogP contribution in [-0.4, -0.2) is 68.3 Å². The number of carbonyl (C=O) groups excluding carboxylic acids is 4. The number of fused-ring (bicyclic) bond motifs is 3. The number of allylic oxidation sites excluding steroid dienone is 1. The number of ketones is 1. The van der Waals surface area contributed by atoms with E-state index in [1.807, 2.05) is 13.8 Å². The van der Waals surface area contributed by atoms with Crippen molar-refractivity contribution in [2.24, 2.45) is 34.5 Å². The molecule has 3 fully saturated rings. The molecule has 3 rings (SSSR count). The van der Waals surface area contributed by atoms with Gasteiger partial charge in [0.25, 0.3) is 0 Å². The van der Waals surface area contributed by atoms with Gasteiger partial charge in [-0.15, -0.1) is 0 Å². The SMILES string of the molecule is CNCCOC(=O)C=C1CCC2C(C1C)C(O)C(=O)C1C2(C)CCC(OC(C)=O)C1(C)C(=O)OC. The van der Waals surface area contributed by atoms with Crippen LogP contribution < -0.4 is 5.32 Å². The first-order valence-electron chi connectivity index (χ1n) is 12.4. The average molecular weight is 494 g/mol. The average Bonchev–Trinajstić information content (AvgIpc) is 2.80. The Kier molecular flexibility index (Phi) is 8.11. The third-order valence-corrected chi connectivity index (χ3v) is 8.86. The number of methoxy groups -OCH3 is 1. The number of ether oxygens (including phenoxy) is 3. The first kappa shape index (κ1) is 27.3. The van der Waals surface area contributed by atoms with Crippen LogP contribution in [0.4, 0.5) is 0 Å². The Bertz CT molecular complexity index is 900. The Balaban J connectivity index is 1.97. The van der Waals surface area contributed by atoms with Crippen molar-refractivity contribution in [2.45, 2.75) is 65.6 Å². The van der Waals surface area contributed by atoms with Crippen molar-refractivity contribution in [3.8, 4) is 0 Å². The van der Waals surface area contributed by atoms with Gasteiger partial charge in [0.15, 0.2) is 5.78 Å². The van der Waals surface area contributed by atoms with Gasteiger partial charge in [-0.1, -0.05) is 19.4 Å². The zero-order chi connectivity index (χ0) is 26.1. The Morgan fingerprint density at radius 2 is 1.91 bits per heavy atom. The van der Waals surface area contributed by atoms with Gasteiger partial charge in [-0.3, -0.25) is 14.4 Å². The van der Waals surface area contributed by atoms with Crippen LogP contribution in [0.1, 0.15) is 53.4 Å². The molecule has 0 saturated heterocycles. The minimum atomic E-state index is -1.41. The molecule has 0 amide bonds. The zero-order valence-corrected chi connectivity index (χ0v) is 21.6. The summed E-state index contributed by atoms with van der Waals surface area (Å²) in [6.07, 6.45) is 1.66. The number of esters is 3. The van der Waals surface area contributed by atoms with Gasteiger partial charge in [0.1, 0.15) is 24.2 Å². The number of carbonyl (C=O) groups is 4. The number of aliphatic hydroxyl groups is 1. The second kappa shape index (κ2) is 10.4. The summed E-state index contributed by atoms with van der Waals surface area (Å²) < 4.78 is 15.9. The van der Waals surface area contributed by atoms with Gasteiger partial charge in [-0.2, -0.15) is 0 Å². The van der Waals surface area contributed by atoms with Crippen LogP contribution >= 0.6 is 0 Å². The van der Waals surface area contributed by atoms with Crippen LogP contribution in [0.2, 0.25) is 0 Å². The van der Waals surface area contributed by atoms with Gasteiger partial charge in [0, 0.05) is 31.4 Å². The molecule has 0 radical (unpaired) electrons. The third-order valence-electron chi connectivity index (χ3n) is 8.86. The summed E-state index contributed by atoms with van der Waals surface area (Å²) >= 11 is 0. The number of likely N-dealkylation sites (N-methyl/N-ethyl adjacent to an activating group) is 1. The second-order valence-electron chi connectivity index (χ2n) is 10.7. The first-order valence-corrected chi connectivity index (χ1v) is 12.4. The van der Waals surface area contributed by atoms with Crippen LogP contribution in [0, 0.1) is 34.5 Å². The van der Waals surface area contributed by atoms with E-state index >= 15 is 0 Å². The maximum atomic E-state index is 13.8. The van der Waals surface area contributed by atoms with Crippen LogP contribution in [0.3, 0.4) is 0 Å². The molecular formula is C26H39NO8. The molecule has 3 saturated carbocycles. The summed E-state index contributed by atoms with van der Waals surface area (Å²) in [5.41, 5.74) is -1.15. The van der Waals surface area contributed by atoms with Crippen molar-refractivity contribution < 1.29 is 38.5 Å². The molecular weight excluding hydrogens is 454 g/mol. The maximum Gasteiger partial charge on any atom is 0.330 e. The molecule has 3 aliphatic carbocycles. The summed E-state index contributed by atoms with van der Waals surface area (Å²) in [7, 11) is 3.03. The highest BCUT2D eigenvalue weighted by atomic mass is 16.6. The second-order valence-corrected chi connectivity index (χ2v) is 10.7. The molecule has 9 nitrogen and oxygen atoms in total. The molecule has 0 spiro atoms. The maximum absolute atomic E-state index is 13.8. The normalized spacial score (nSPS) is 39.9. The molecule has 35 heavy (non-hydrogen) atoms. The molecule has 0 heterocycles. The fraction of sp³-hybridized carbons (Fsp3) is 0.769. The monoisotopic (exact) mass is 493 g/mol. The van der Waals surface area contributed by atoms with E-state index < -0.39 is 52.6 Å². The van der Waals surface area contributed by atoms with Crippen molar-refractivity contribution in [3.63, 3.8) is 0 Å². The standard InChI is InChI=1S/C26H39NO8/c1-14-16(13-19(29)34-12-11-27-5)7-8-17-20(14)21(30)22(31)23-25(17,3)10-9-18(35-15(2)28)26(23,4)24(32)33-6/h13-14,17-18,20-21,23,27,30H,7-12H2,1-6H3. The lowest BCUT2D eigenvalue weighted by Gasteiger charge is -2.62. The van der Waals surface area contributed by atoms with Crippen molar-refractivity contribution in [3.05, 3.63) is 11.6 Å². The summed E-state index contributed by atoms with van der Waals surface area (Å²) in [4.78, 5) is 51.1. The van der Waals surface area contributed by atoms with Crippen LogP contribution in [0.15, 0.2) is 11.6 Å². The molecule has 3 aliphatic rings. The molecule has 196 valence electrons. The van der Waals surface area contributed by atoms with E-state index in [0.29, 0.717) is 32.2 Å². The van der Waals surface area contributed by atoms with Gasteiger partial charge >= 0.3 is 17.9 Å². The molecule has 0 bridgehead atoms. The Morgan fingerprint density at radius 1 is 1.23 bits per heavy atom. The number of hydrogen-bond acceptors (Lipinski definition) is 9. The highest BCUT2D eigenvalue weighted by Gasteiger charge is 2.69. The lowest BCUT2D eigenvalue weighted by atomic mass is 9.41. The van der Waals surface area contributed by atoms with E-state index in [0.717, 1.165) is 5.57 Å². The van der Waals surface area contributed by atoms with E-state index in [1.165, 1.54) is 20.1 Å². The first-order chi connectivity index (χ1) is 16.4. The smallest absolute Gasteiger partial charge is 0.330 e. The fourth-order valence-electron chi connectivity index (χ4n) is 7.24. The number of nitrogens with one attached hydrogen (secondary N) is 1. The summed E-state index contributed by atoms with van der Waals surface area (Å²) in [5.74, 6) is -3.52. The molecule has 0 aromatic carbocycles. The molecule has 9 heteroatoms. The molecule has 0 aromatic rings. The van der Waals surface area contributed by atoms with E-state index in [-0.39, 0.29) is 24.4 Å². The number of hydrogen-bond donors (Lipinski definition) is 2. The molecule has 8 atom stereocenters. The van der Waals surface area contributed by atoms with Crippen molar-refractivity contribution in [2.75, 3.05) is 27.3 Å². The number of Topliss-reactive ketones (excluding diaryl/α,β-unsaturated/α-hetero) is 1. The summed E-state index contributed by atoms with van der Waals surface area (Å²) in [6.45, 7) is 7.66. The molecule has 2 N–H and O–H groups in total. The zero-order valence-electron chi connectivity index (χ0n) is 21.6. The van der Waals surface area contributed by atoms with Crippen LogP contribution in [-0.2, 0) is 33.4 Å². The highest BCUT2D eigenvalue weighted by Crippen LogP contribution is 2.64. The lowest BCUT2D eigenvalue weighted by molar-refractivity contribution is -0.215. The van der Waals surface area contributed by atoms with E-state index in [4.69, 9.17) is 14.2 Å². The van der Waals surface area contributed by atoms with Crippen LogP contribution in [0.5, 0.6) is 0 Å². The topological polar surface area (TPSA) is 128 Å². The van der Waals surface area contributed by atoms with Gasteiger partial charge in [-0.25, -0.2) is 4.79 Å². The Hall–Kier alpha value is -2.26. The Labute approximate surface area is 206 Å². The largest absolute Gasteiger partial charge is 0.468 e. The minimum absolute atomic E-state index is 0.0603. The van der Waals surface area contributed by atoms with E-state index in [2.05, 4.69) is 5.32 Å². The van der Waals surface area contributed by atoms with Gasteiger partial charge in [0.05, 0.1) is 7.11 Å². The van der Waals surface area contributed by atoms with Gasteiger partial charge < -0.3 is 24.6 Å². The molecule has 0 aromatic heterocycles. The van der Waals surface area contributed by atoms with Crippen molar-refractivity contribution >= 4 is 23.7 Å². The summed E-state index contributed by atoms with van der Waals surface area (Å²) in [6, 6.07) is 0. The Morgan fingerprint density at radius 3 is 2.51 bits per heavy atom. The van der Waals surface area contributed by atoms with E-state index in [9.17, 15) is 24.3 Å². The summed E-state index contributed by atoms with van der Waals surface area (Å²) in [5, 5.41) is 14.2. The third kappa shape index (κ3) is 4.65. The predicted octanol–water partition coefficient (Wildman–Crippen LogP) is 1.81. The van der Waals surface area contributed by atoms with Gasteiger partial charge in [0.2, 0.25) is 0 Å². The quantitative estimate of drug-likeness (QED) is 0.246. The number of aliphatic hydroxyl groups excluding tert-OH is 1. The fourth-order valence-corrected chi connectivity index (χ4v) is 7.24. The number of rotatable bonds is 6. The predicted molar refractivity (Wildman–Crippen MR) is 126 cm³/mol. The minimum Gasteiger partial charge on any atom is -0.468 e. The van der Waals surface area contributed by atoms with Crippen molar-refractivity contribution in [1.29, 1.82) is 0 Å². The highest BCUT2D eigenvalue weighted by molar-refractivity contribution is 5.94. The van der Waals surface area contributed by atoms with E-state index in [1.54, 1.807) is 14.0 Å². The van der Waals surface area contributed by atoms with Crippen molar-refractivity contribution in [1.82, 2.24) is 5.32 Å². The molecule has 8 unspecified atom stereocenters. The molecule has 0 aliphatic heterocycles. The lowest BCUT2D eigenvalue weighted by Crippen LogP contribution is -2.68. The van der Waals surface area contributed by atoms with Crippen LogP contribution in [0.25, 0.3) is 0 Å².